The summed E-state index contributed by atoms with van der Waals surface area (Å²) in [5.41, 5.74) is -2.59. The smallest absolute Gasteiger partial charge is 0.351 e. The Labute approximate surface area is 198 Å². The number of amides is 1. The van der Waals surface area contributed by atoms with Crippen LogP contribution in [-0.4, -0.2) is 52.6 Å². The maximum atomic E-state index is 12.6. The van der Waals surface area contributed by atoms with Crippen molar-refractivity contribution in [2.75, 3.05) is 24.3 Å². The lowest BCUT2D eigenvalue weighted by molar-refractivity contribution is -0.150. The zero-order valence-corrected chi connectivity index (χ0v) is 20.1. The van der Waals surface area contributed by atoms with Crippen LogP contribution in [0.4, 0.5) is 5.82 Å². The second-order valence-electron chi connectivity index (χ2n) is 7.24. The molecule has 4 atom stereocenters. The first-order valence-corrected chi connectivity index (χ1v) is 14.4. The quantitative estimate of drug-likeness (QED) is 0.439. The van der Waals surface area contributed by atoms with Gasteiger partial charge in [-0.1, -0.05) is 29.6 Å². The Bertz CT molecular complexity index is 1120. The molecule has 13 heteroatoms. The van der Waals surface area contributed by atoms with Crippen LogP contribution in [0.5, 0.6) is 0 Å². The van der Waals surface area contributed by atoms with Gasteiger partial charge in [-0.25, -0.2) is 4.79 Å². The molecule has 0 aliphatic carbocycles. The number of carbonyl (C=O) groups excluding carboxylic acids is 2. The number of nitrogens with zero attached hydrogens (tertiary/aromatic N) is 2. The second-order valence-corrected chi connectivity index (χ2v) is 13.7. The Kier molecular flexibility index (Phi) is 7.62. The van der Waals surface area contributed by atoms with Crippen molar-refractivity contribution in [3.63, 3.8) is 0 Å². The van der Waals surface area contributed by atoms with E-state index in [1.165, 1.54) is 35.1 Å². The van der Waals surface area contributed by atoms with Gasteiger partial charge in [-0.3, -0.25) is 14.2 Å². The highest BCUT2D eigenvalue weighted by atomic mass is 32.9. The summed E-state index contributed by atoms with van der Waals surface area (Å²) in [5, 5.41) is 2.60. The van der Waals surface area contributed by atoms with Crippen molar-refractivity contribution in [3.8, 4) is 0 Å². The van der Waals surface area contributed by atoms with Crippen LogP contribution in [0.25, 0.3) is 0 Å². The third-order valence-corrected chi connectivity index (χ3v) is 10.2. The highest BCUT2D eigenvalue weighted by Gasteiger charge is 2.40. The molecule has 1 N–H and O–H groups in total. The molecule has 1 unspecified atom stereocenters. The summed E-state index contributed by atoms with van der Waals surface area (Å²) in [6.45, 7) is 1.92. The minimum absolute atomic E-state index is 0.0755. The zero-order chi connectivity index (χ0) is 23.4. The average Bonchev–Trinajstić information content (AvgIpc) is 3.39. The van der Waals surface area contributed by atoms with Crippen molar-refractivity contribution in [2.45, 2.75) is 31.8 Å². The zero-order valence-electron chi connectivity index (χ0n) is 17.6. The summed E-state index contributed by atoms with van der Waals surface area (Å²) < 4.78 is 24.0. The Balaban J connectivity index is 1.44. The van der Waals surface area contributed by atoms with E-state index in [2.05, 4.69) is 10.3 Å². The topological polar surface area (TPSA) is 118 Å². The van der Waals surface area contributed by atoms with Gasteiger partial charge in [-0.05, 0) is 30.0 Å². The molecule has 176 valence electrons. The predicted octanol–water partition coefficient (Wildman–Crippen LogP) is 2.72. The van der Waals surface area contributed by atoms with E-state index in [1.54, 1.807) is 30.3 Å². The summed E-state index contributed by atoms with van der Waals surface area (Å²) in [7, 11) is 0. The SMILES string of the molecule is CC(=O)O[C@H]1C[C@H](n2ccc(NC(=O)c3ccccc3)nc2=O)O[C@@H]1COP1(=S)OCCS1. The number of benzene rings is 1. The van der Waals surface area contributed by atoms with Gasteiger partial charge in [-0.2, -0.15) is 4.98 Å². The van der Waals surface area contributed by atoms with Crippen molar-refractivity contribution in [1.82, 2.24) is 9.55 Å². The molecule has 2 saturated heterocycles. The first-order chi connectivity index (χ1) is 15.8. The molecule has 1 amide bonds. The van der Waals surface area contributed by atoms with E-state index in [-0.39, 0.29) is 24.8 Å². The highest BCUT2D eigenvalue weighted by molar-refractivity contribution is 8.68. The van der Waals surface area contributed by atoms with Gasteiger partial charge in [-0.15, -0.1) is 0 Å². The van der Waals surface area contributed by atoms with E-state index in [1.807, 2.05) is 0 Å². The van der Waals surface area contributed by atoms with E-state index < -0.39 is 35.8 Å². The Hall–Kier alpha value is -2.08. The van der Waals surface area contributed by atoms with Gasteiger partial charge < -0.3 is 23.8 Å². The largest absolute Gasteiger partial charge is 0.460 e. The molecule has 0 radical (unpaired) electrons. The molecular formula is C20H22N3O7PS2. The number of ether oxygens (including phenoxy) is 2. The minimum atomic E-state index is -2.42. The molecule has 2 aliphatic heterocycles. The number of anilines is 1. The van der Waals surface area contributed by atoms with Gasteiger partial charge in [0.25, 0.3) is 5.91 Å². The van der Waals surface area contributed by atoms with Crippen molar-refractivity contribution in [3.05, 3.63) is 58.6 Å². The molecule has 4 rings (SSSR count). The maximum Gasteiger partial charge on any atom is 0.351 e. The van der Waals surface area contributed by atoms with Gasteiger partial charge in [0, 0.05) is 30.9 Å². The van der Waals surface area contributed by atoms with Crippen LogP contribution in [0.15, 0.2) is 47.4 Å². The fourth-order valence-electron chi connectivity index (χ4n) is 3.41. The Morgan fingerprint density at radius 2 is 2.12 bits per heavy atom. The Morgan fingerprint density at radius 1 is 1.33 bits per heavy atom. The van der Waals surface area contributed by atoms with Crippen molar-refractivity contribution in [1.29, 1.82) is 0 Å². The first kappa shape index (κ1) is 24.1. The average molecular weight is 512 g/mol. The standard InChI is InChI=1S/C20H22N3O7PS2/c1-13(24)29-15-11-18(30-16(15)12-28-31(32)27-9-10-33-31)23-8-7-17(22-20(23)26)21-19(25)14-5-3-2-4-6-14/h2-8,15-16,18H,9-12H2,1H3,(H,21,22,25,26)/t15-,16+,18+,31?/m0/s1. The second kappa shape index (κ2) is 10.5. The number of nitrogens with one attached hydrogen (secondary N) is 1. The molecule has 0 spiro atoms. The monoisotopic (exact) mass is 511 g/mol. The summed E-state index contributed by atoms with van der Waals surface area (Å²) in [6, 6.07) is 10.1. The number of rotatable bonds is 7. The first-order valence-electron chi connectivity index (χ1n) is 10.1. The number of aromatic nitrogens is 2. The van der Waals surface area contributed by atoms with Gasteiger partial charge in [0.15, 0.2) is 0 Å². The normalized spacial score (nSPS) is 26.8. The molecule has 10 nitrogen and oxygen atoms in total. The molecule has 0 saturated carbocycles. The molecule has 1 aromatic carbocycles. The molecule has 2 fully saturated rings. The lowest BCUT2D eigenvalue weighted by Gasteiger charge is -2.21. The van der Waals surface area contributed by atoms with Crippen molar-refractivity contribution >= 4 is 46.6 Å². The van der Waals surface area contributed by atoms with Crippen LogP contribution in [0.3, 0.4) is 0 Å². The Morgan fingerprint density at radius 3 is 2.79 bits per heavy atom. The molecule has 0 bridgehead atoms. The van der Waals surface area contributed by atoms with E-state index in [0.29, 0.717) is 12.2 Å². The molecule has 2 aromatic rings. The van der Waals surface area contributed by atoms with Crippen LogP contribution in [0, 0.1) is 0 Å². The number of hydrogen-bond acceptors (Lipinski definition) is 10. The van der Waals surface area contributed by atoms with E-state index in [4.69, 9.17) is 30.3 Å². The van der Waals surface area contributed by atoms with E-state index in [9.17, 15) is 14.4 Å². The summed E-state index contributed by atoms with van der Waals surface area (Å²) in [5.74, 6) is 0.0473. The third-order valence-electron chi connectivity index (χ3n) is 4.89. The van der Waals surface area contributed by atoms with Crippen LogP contribution in [0.1, 0.15) is 29.9 Å². The highest BCUT2D eigenvalue weighted by Crippen LogP contribution is 2.64. The molecule has 1 aromatic heterocycles. The predicted molar refractivity (Wildman–Crippen MR) is 126 cm³/mol. The number of hydrogen-bond donors (Lipinski definition) is 1. The molecule has 2 aliphatic rings. The summed E-state index contributed by atoms with van der Waals surface area (Å²) in [6.07, 6.45) is -0.245. The number of carbonyl (C=O) groups is 2. The van der Waals surface area contributed by atoms with Crippen LogP contribution in [-0.2, 0) is 35.1 Å². The molecule has 3 heterocycles. The van der Waals surface area contributed by atoms with E-state index >= 15 is 0 Å². The summed E-state index contributed by atoms with van der Waals surface area (Å²) >= 11 is 6.89. The van der Waals surface area contributed by atoms with Crippen LogP contribution in [0.2, 0.25) is 0 Å². The lowest BCUT2D eigenvalue weighted by Crippen LogP contribution is -2.30. The summed E-state index contributed by atoms with van der Waals surface area (Å²) in [4.78, 5) is 40.4. The molecule has 33 heavy (non-hydrogen) atoms. The number of esters is 1. The van der Waals surface area contributed by atoms with Crippen LogP contribution >= 0.6 is 17.1 Å². The van der Waals surface area contributed by atoms with Crippen molar-refractivity contribution < 1.29 is 28.1 Å². The lowest BCUT2D eigenvalue weighted by atomic mass is 10.2. The molecular weight excluding hydrogens is 489 g/mol. The van der Waals surface area contributed by atoms with Gasteiger partial charge >= 0.3 is 11.7 Å². The van der Waals surface area contributed by atoms with Crippen molar-refractivity contribution in [2.24, 2.45) is 0 Å². The maximum absolute atomic E-state index is 12.6. The van der Waals surface area contributed by atoms with Gasteiger partial charge in [0.05, 0.1) is 13.2 Å². The fourth-order valence-corrected chi connectivity index (χ4v) is 7.61. The van der Waals surface area contributed by atoms with Gasteiger partial charge in [0.2, 0.25) is 5.69 Å². The minimum Gasteiger partial charge on any atom is -0.460 e. The van der Waals surface area contributed by atoms with E-state index in [0.717, 1.165) is 5.75 Å². The van der Waals surface area contributed by atoms with Crippen LogP contribution < -0.4 is 11.0 Å². The fraction of sp³-hybridized carbons (Fsp3) is 0.400. The van der Waals surface area contributed by atoms with Gasteiger partial charge in [0.1, 0.15) is 24.3 Å². The third kappa shape index (κ3) is 6.08.